The van der Waals surface area contributed by atoms with Crippen molar-refractivity contribution < 1.29 is 0 Å². The second-order valence-corrected chi connectivity index (χ2v) is 9.64. The molecule has 154 valence electrons. The first kappa shape index (κ1) is 20.4. The standard InChI is InChI=1S/C22H29IN6/c1-14(2)29-13-25-19-20(24-12-16-5-4-6-17(23)11-16)27-22(28-21(19)29)26-18-9-7-15(3)8-10-18/h4-6,11,13-15,18H,7-10,12H2,1-3H3,(H2,24,26,27,28). The Bertz CT molecular complexity index is 975. The van der Waals surface area contributed by atoms with Crippen molar-refractivity contribution in [3.8, 4) is 0 Å². The van der Waals surface area contributed by atoms with Gasteiger partial charge in [0.15, 0.2) is 17.0 Å². The third kappa shape index (κ3) is 4.82. The van der Waals surface area contributed by atoms with E-state index in [9.17, 15) is 0 Å². The average Bonchev–Trinajstić information content (AvgIpc) is 3.12. The summed E-state index contributed by atoms with van der Waals surface area (Å²) in [5.74, 6) is 2.31. The van der Waals surface area contributed by atoms with Crippen molar-refractivity contribution in [2.24, 2.45) is 5.92 Å². The number of hydrogen-bond acceptors (Lipinski definition) is 5. The Morgan fingerprint density at radius 3 is 2.69 bits per heavy atom. The lowest BCUT2D eigenvalue weighted by atomic mass is 9.87. The lowest BCUT2D eigenvalue weighted by molar-refractivity contribution is 0.360. The molecule has 4 rings (SSSR count). The van der Waals surface area contributed by atoms with Crippen LogP contribution in [0.3, 0.4) is 0 Å². The Morgan fingerprint density at radius 2 is 1.97 bits per heavy atom. The maximum absolute atomic E-state index is 4.84. The molecule has 3 aromatic rings. The van der Waals surface area contributed by atoms with Crippen LogP contribution in [0.15, 0.2) is 30.6 Å². The zero-order valence-electron chi connectivity index (χ0n) is 17.3. The summed E-state index contributed by atoms with van der Waals surface area (Å²) in [7, 11) is 0. The molecule has 0 atom stereocenters. The number of aromatic nitrogens is 4. The van der Waals surface area contributed by atoms with Crippen LogP contribution in [0.5, 0.6) is 0 Å². The number of halogens is 1. The maximum Gasteiger partial charge on any atom is 0.227 e. The Labute approximate surface area is 186 Å². The molecule has 6 nitrogen and oxygen atoms in total. The van der Waals surface area contributed by atoms with Gasteiger partial charge in [-0.1, -0.05) is 19.1 Å². The van der Waals surface area contributed by atoms with E-state index in [4.69, 9.17) is 9.97 Å². The summed E-state index contributed by atoms with van der Waals surface area (Å²) in [5, 5.41) is 7.09. The molecule has 0 spiro atoms. The third-order valence-corrected chi connectivity index (χ3v) is 6.35. The first-order valence-electron chi connectivity index (χ1n) is 10.5. The summed E-state index contributed by atoms with van der Waals surface area (Å²) in [6, 6.07) is 9.23. The molecule has 1 saturated carbocycles. The van der Waals surface area contributed by atoms with Gasteiger partial charge in [-0.05, 0) is 85.7 Å². The number of hydrogen-bond donors (Lipinski definition) is 2. The van der Waals surface area contributed by atoms with Crippen LogP contribution in [0.25, 0.3) is 11.2 Å². The average molecular weight is 504 g/mol. The van der Waals surface area contributed by atoms with E-state index in [2.05, 4.69) is 87.8 Å². The Kier molecular flexibility index (Phi) is 6.22. The second kappa shape index (κ2) is 8.85. The van der Waals surface area contributed by atoms with Crippen LogP contribution in [0.2, 0.25) is 0 Å². The molecule has 1 aromatic carbocycles. The molecule has 1 aliphatic carbocycles. The first-order chi connectivity index (χ1) is 14.0. The molecule has 0 saturated heterocycles. The number of rotatable bonds is 6. The van der Waals surface area contributed by atoms with Crippen molar-refractivity contribution in [3.63, 3.8) is 0 Å². The Hall–Kier alpha value is -1.90. The smallest absolute Gasteiger partial charge is 0.227 e. The molecule has 2 aromatic heterocycles. The molecular weight excluding hydrogens is 475 g/mol. The molecule has 0 aliphatic heterocycles. The van der Waals surface area contributed by atoms with Crippen LogP contribution in [0.4, 0.5) is 11.8 Å². The van der Waals surface area contributed by atoms with Crippen LogP contribution >= 0.6 is 22.6 Å². The SMILES string of the molecule is CC1CCC(Nc2nc(NCc3cccc(I)c3)c3ncn(C(C)C)c3n2)CC1. The largest absolute Gasteiger partial charge is 0.364 e. The molecule has 0 bridgehead atoms. The van der Waals surface area contributed by atoms with E-state index in [1.165, 1.54) is 34.8 Å². The molecule has 1 fully saturated rings. The van der Waals surface area contributed by atoms with Crippen LogP contribution in [0, 0.1) is 9.49 Å². The van der Waals surface area contributed by atoms with E-state index in [1.54, 1.807) is 0 Å². The predicted molar refractivity (Wildman–Crippen MR) is 127 cm³/mol. The van der Waals surface area contributed by atoms with Crippen molar-refractivity contribution >= 4 is 45.5 Å². The van der Waals surface area contributed by atoms with Gasteiger partial charge in [0.25, 0.3) is 0 Å². The van der Waals surface area contributed by atoms with Crippen molar-refractivity contribution in [3.05, 3.63) is 39.7 Å². The maximum atomic E-state index is 4.84. The van der Waals surface area contributed by atoms with Crippen molar-refractivity contribution in [2.75, 3.05) is 10.6 Å². The van der Waals surface area contributed by atoms with Crippen molar-refractivity contribution in [1.82, 2.24) is 19.5 Å². The van der Waals surface area contributed by atoms with Gasteiger partial charge in [0.05, 0.1) is 6.33 Å². The minimum Gasteiger partial charge on any atom is -0.364 e. The van der Waals surface area contributed by atoms with E-state index in [0.717, 1.165) is 22.9 Å². The fourth-order valence-electron chi connectivity index (χ4n) is 3.90. The van der Waals surface area contributed by atoms with E-state index >= 15 is 0 Å². The molecule has 2 N–H and O–H groups in total. The van der Waals surface area contributed by atoms with E-state index in [1.807, 2.05) is 6.33 Å². The van der Waals surface area contributed by atoms with Gasteiger partial charge < -0.3 is 15.2 Å². The highest BCUT2D eigenvalue weighted by Crippen LogP contribution is 2.28. The number of nitrogens with one attached hydrogen (secondary N) is 2. The molecule has 0 unspecified atom stereocenters. The molecule has 0 amide bonds. The van der Waals surface area contributed by atoms with Gasteiger partial charge in [-0.3, -0.25) is 0 Å². The van der Waals surface area contributed by atoms with Crippen LogP contribution in [-0.4, -0.2) is 25.6 Å². The molecule has 29 heavy (non-hydrogen) atoms. The van der Waals surface area contributed by atoms with Crippen LogP contribution in [-0.2, 0) is 6.54 Å². The van der Waals surface area contributed by atoms with Crippen molar-refractivity contribution in [1.29, 1.82) is 0 Å². The number of fused-ring (bicyclic) bond motifs is 1. The van der Waals surface area contributed by atoms with E-state index < -0.39 is 0 Å². The highest BCUT2D eigenvalue weighted by atomic mass is 127. The van der Waals surface area contributed by atoms with Gasteiger partial charge in [0, 0.05) is 22.2 Å². The highest BCUT2D eigenvalue weighted by molar-refractivity contribution is 14.1. The predicted octanol–water partition coefficient (Wildman–Crippen LogP) is 5.61. The number of nitrogens with zero attached hydrogens (tertiary/aromatic N) is 4. The van der Waals surface area contributed by atoms with Crippen LogP contribution in [0.1, 0.15) is 58.1 Å². The quantitative estimate of drug-likeness (QED) is 0.427. The summed E-state index contributed by atoms with van der Waals surface area (Å²) in [6.07, 6.45) is 6.75. The second-order valence-electron chi connectivity index (χ2n) is 8.40. The Balaban J connectivity index is 1.62. The topological polar surface area (TPSA) is 67.7 Å². The fourth-order valence-corrected chi connectivity index (χ4v) is 4.51. The summed E-state index contributed by atoms with van der Waals surface area (Å²) in [5.41, 5.74) is 2.93. The zero-order chi connectivity index (χ0) is 20.4. The first-order valence-corrected chi connectivity index (χ1v) is 11.6. The van der Waals surface area contributed by atoms with Gasteiger partial charge in [-0.15, -0.1) is 0 Å². The minimum atomic E-state index is 0.293. The zero-order valence-corrected chi connectivity index (χ0v) is 19.5. The van der Waals surface area contributed by atoms with Gasteiger partial charge >= 0.3 is 0 Å². The van der Waals surface area contributed by atoms with Crippen molar-refractivity contribution in [2.45, 2.75) is 65.1 Å². The summed E-state index contributed by atoms with van der Waals surface area (Å²) < 4.78 is 3.34. The monoisotopic (exact) mass is 504 g/mol. The number of anilines is 2. The molecular formula is C22H29IN6. The molecule has 2 heterocycles. The number of benzene rings is 1. The van der Waals surface area contributed by atoms with Gasteiger partial charge in [0.2, 0.25) is 5.95 Å². The lowest BCUT2D eigenvalue weighted by Crippen LogP contribution is -2.26. The van der Waals surface area contributed by atoms with Gasteiger partial charge in [0.1, 0.15) is 0 Å². The Morgan fingerprint density at radius 1 is 1.17 bits per heavy atom. The number of imidazole rings is 1. The van der Waals surface area contributed by atoms with E-state index in [-0.39, 0.29) is 0 Å². The fraction of sp³-hybridized carbons (Fsp3) is 0.500. The molecule has 1 aliphatic rings. The summed E-state index contributed by atoms with van der Waals surface area (Å²) in [4.78, 5) is 14.3. The normalized spacial score (nSPS) is 19.6. The van der Waals surface area contributed by atoms with Gasteiger partial charge in [-0.2, -0.15) is 9.97 Å². The van der Waals surface area contributed by atoms with E-state index in [0.29, 0.717) is 24.6 Å². The van der Waals surface area contributed by atoms with Crippen LogP contribution < -0.4 is 10.6 Å². The lowest BCUT2D eigenvalue weighted by Gasteiger charge is -2.27. The molecule has 7 heteroatoms. The third-order valence-electron chi connectivity index (χ3n) is 5.68. The summed E-state index contributed by atoms with van der Waals surface area (Å²) in [6.45, 7) is 7.35. The highest BCUT2D eigenvalue weighted by Gasteiger charge is 2.21. The molecule has 0 radical (unpaired) electrons. The van der Waals surface area contributed by atoms with Gasteiger partial charge in [-0.25, -0.2) is 4.98 Å². The summed E-state index contributed by atoms with van der Waals surface area (Å²) >= 11 is 2.34. The minimum absolute atomic E-state index is 0.293.